The fraction of sp³-hybridized carbons (Fsp3) is 0.300. The first-order valence-electron chi connectivity index (χ1n) is 9.06. The lowest BCUT2D eigenvalue weighted by atomic mass is 10.1. The zero-order valence-corrected chi connectivity index (χ0v) is 15.9. The molecule has 0 saturated carbocycles. The Bertz CT molecular complexity index is 1030. The average molecular weight is 383 g/mol. The van der Waals surface area contributed by atoms with E-state index in [-0.39, 0.29) is 5.92 Å². The summed E-state index contributed by atoms with van der Waals surface area (Å²) in [6, 6.07) is 16.8. The van der Waals surface area contributed by atoms with Crippen LogP contribution in [0.2, 0.25) is 0 Å². The Kier molecular flexibility index (Phi) is 4.80. The molecule has 1 aliphatic heterocycles. The molecule has 0 amide bonds. The third-order valence-corrected chi connectivity index (χ3v) is 6.92. The highest BCUT2D eigenvalue weighted by Crippen LogP contribution is 2.31. The fourth-order valence-electron chi connectivity index (χ4n) is 3.44. The van der Waals surface area contributed by atoms with Crippen LogP contribution in [0, 0.1) is 0 Å². The molecule has 0 radical (unpaired) electrons. The Morgan fingerprint density at radius 1 is 1.11 bits per heavy atom. The van der Waals surface area contributed by atoms with Crippen LogP contribution in [-0.2, 0) is 16.4 Å². The Labute approximate surface area is 158 Å². The van der Waals surface area contributed by atoms with Crippen LogP contribution >= 0.6 is 0 Å². The van der Waals surface area contributed by atoms with Crippen molar-refractivity contribution in [1.82, 2.24) is 14.4 Å². The maximum Gasteiger partial charge on any atom is 0.257 e. The van der Waals surface area contributed by atoms with Crippen molar-refractivity contribution in [3.63, 3.8) is 0 Å². The maximum absolute atomic E-state index is 13.1. The van der Waals surface area contributed by atoms with E-state index < -0.39 is 10.0 Å². The van der Waals surface area contributed by atoms with Gasteiger partial charge in [-0.2, -0.15) is 9.29 Å². The molecule has 27 heavy (non-hydrogen) atoms. The molecule has 0 unspecified atom stereocenters. The molecule has 3 aromatic rings. The highest BCUT2D eigenvalue weighted by Gasteiger charge is 2.36. The number of benzene rings is 2. The molecule has 0 bridgehead atoms. The van der Waals surface area contributed by atoms with Crippen molar-refractivity contribution in [3.05, 3.63) is 66.0 Å². The largest absolute Gasteiger partial charge is 0.334 e. The van der Waals surface area contributed by atoms with Gasteiger partial charge >= 0.3 is 0 Å². The van der Waals surface area contributed by atoms with Crippen molar-refractivity contribution in [3.8, 4) is 11.5 Å². The Morgan fingerprint density at radius 3 is 2.63 bits per heavy atom. The number of aryl methyl sites for hydroxylation is 1. The van der Waals surface area contributed by atoms with E-state index in [1.165, 1.54) is 4.31 Å². The topological polar surface area (TPSA) is 76.3 Å². The first kappa shape index (κ1) is 17.9. The van der Waals surface area contributed by atoms with Crippen LogP contribution in [0.5, 0.6) is 0 Å². The molecule has 1 atom stereocenters. The quantitative estimate of drug-likeness (QED) is 0.674. The number of nitrogens with zero attached hydrogens (tertiary/aromatic N) is 3. The second-order valence-corrected chi connectivity index (χ2v) is 8.54. The van der Waals surface area contributed by atoms with Crippen LogP contribution in [0.4, 0.5) is 0 Å². The number of hydrogen-bond acceptors (Lipinski definition) is 5. The third-order valence-electron chi connectivity index (χ3n) is 4.95. The second-order valence-electron chi connectivity index (χ2n) is 6.63. The SMILES string of the molecule is CCc1ccccc1S(=O)(=O)N1CC[C@H](c2noc(-c3ccccc3)n2)C1. The molecule has 6 nitrogen and oxygen atoms in total. The summed E-state index contributed by atoms with van der Waals surface area (Å²) in [7, 11) is -3.52. The van der Waals surface area contributed by atoms with Gasteiger partial charge in [0.25, 0.3) is 5.89 Å². The molecule has 2 heterocycles. The number of hydrogen-bond donors (Lipinski definition) is 0. The summed E-state index contributed by atoms with van der Waals surface area (Å²) >= 11 is 0. The number of aromatic nitrogens is 2. The molecule has 2 aromatic carbocycles. The van der Waals surface area contributed by atoms with Crippen LogP contribution in [0.15, 0.2) is 64.0 Å². The molecule has 7 heteroatoms. The Hall–Kier alpha value is -2.51. The molecular weight excluding hydrogens is 362 g/mol. The molecule has 0 aliphatic carbocycles. The summed E-state index contributed by atoms with van der Waals surface area (Å²) in [5.41, 5.74) is 1.70. The van der Waals surface area contributed by atoms with E-state index in [1.807, 2.05) is 49.4 Å². The Balaban J connectivity index is 1.55. The number of sulfonamides is 1. The first-order chi connectivity index (χ1) is 13.1. The molecule has 0 N–H and O–H groups in total. The molecule has 4 rings (SSSR count). The van der Waals surface area contributed by atoms with Gasteiger partial charge in [0.05, 0.1) is 4.90 Å². The summed E-state index contributed by atoms with van der Waals surface area (Å²) in [6.07, 6.45) is 1.36. The van der Waals surface area contributed by atoms with E-state index in [4.69, 9.17) is 4.52 Å². The summed E-state index contributed by atoms with van der Waals surface area (Å²) in [5.74, 6) is 0.966. The van der Waals surface area contributed by atoms with Gasteiger partial charge < -0.3 is 4.52 Å². The lowest BCUT2D eigenvalue weighted by molar-refractivity contribution is 0.414. The van der Waals surface area contributed by atoms with E-state index in [9.17, 15) is 8.42 Å². The van der Waals surface area contributed by atoms with Gasteiger partial charge in [0.15, 0.2) is 5.82 Å². The van der Waals surface area contributed by atoms with Crippen molar-refractivity contribution in [2.45, 2.75) is 30.6 Å². The molecular formula is C20H21N3O3S. The second kappa shape index (κ2) is 7.25. The normalized spacial score (nSPS) is 18.0. The van der Waals surface area contributed by atoms with Crippen LogP contribution in [0.1, 0.15) is 30.7 Å². The monoisotopic (exact) mass is 383 g/mol. The Morgan fingerprint density at radius 2 is 1.85 bits per heavy atom. The molecule has 1 fully saturated rings. The van der Waals surface area contributed by atoms with Crippen molar-refractivity contribution in [1.29, 1.82) is 0 Å². The zero-order chi connectivity index (χ0) is 18.9. The zero-order valence-electron chi connectivity index (χ0n) is 15.1. The summed E-state index contributed by atoms with van der Waals surface area (Å²) in [4.78, 5) is 4.88. The van der Waals surface area contributed by atoms with Crippen molar-refractivity contribution < 1.29 is 12.9 Å². The van der Waals surface area contributed by atoms with Crippen LogP contribution in [0.25, 0.3) is 11.5 Å². The highest BCUT2D eigenvalue weighted by molar-refractivity contribution is 7.89. The van der Waals surface area contributed by atoms with Gasteiger partial charge in [-0.1, -0.05) is 48.5 Å². The standard InChI is InChI=1S/C20H21N3O3S/c1-2-15-8-6-7-11-18(15)27(24,25)23-13-12-17(14-23)19-21-20(26-22-19)16-9-4-3-5-10-16/h3-11,17H,2,12-14H2,1H3/t17-/m0/s1. The van der Waals surface area contributed by atoms with Gasteiger partial charge in [-0.3, -0.25) is 0 Å². The minimum absolute atomic E-state index is 0.0604. The van der Waals surface area contributed by atoms with Gasteiger partial charge in [0, 0.05) is 24.6 Å². The van der Waals surface area contributed by atoms with Crippen LogP contribution < -0.4 is 0 Å². The molecule has 0 spiro atoms. The lowest BCUT2D eigenvalue weighted by Gasteiger charge is -2.18. The minimum atomic E-state index is -3.52. The van der Waals surface area contributed by atoms with Gasteiger partial charge in [-0.15, -0.1) is 0 Å². The highest BCUT2D eigenvalue weighted by atomic mass is 32.2. The van der Waals surface area contributed by atoms with E-state index >= 15 is 0 Å². The van der Waals surface area contributed by atoms with E-state index in [0.717, 1.165) is 11.1 Å². The van der Waals surface area contributed by atoms with Crippen molar-refractivity contribution >= 4 is 10.0 Å². The average Bonchev–Trinajstić information content (AvgIpc) is 3.38. The van der Waals surface area contributed by atoms with Crippen LogP contribution in [-0.4, -0.2) is 36.0 Å². The smallest absolute Gasteiger partial charge is 0.257 e. The van der Waals surface area contributed by atoms with Crippen molar-refractivity contribution in [2.24, 2.45) is 0 Å². The first-order valence-corrected chi connectivity index (χ1v) is 10.5. The van der Waals surface area contributed by atoms with E-state index in [1.54, 1.807) is 12.1 Å². The predicted octanol–water partition coefficient (Wildman–Crippen LogP) is 3.48. The van der Waals surface area contributed by atoms with E-state index in [0.29, 0.717) is 42.5 Å². The number of rotatable bonds is 5. The van der Waals surface area contributed by atoms with Crippen LogP contribution in [0.3, 0.4) is 0 Å². The summed E-state index contributed by atoms with van der Waals surface area (Å²) in [6.45, 7) is 2.79. The molecule has 140 valence electrons. The fourth-order valence-corrected chi connectivity index (χ4v) is 5.24. The molecule has 1 saturated heterocycles. The van der Waals surface area contributed by atoms with Crippen molar-refractivity contribution in [2.75, 3.05) is 13.1 Å². The van der Waals surface area contributed by atoms with Gasteiger partial charge in [0.2, 0.25) is 10.0 Å². The van der Waals surface area contributed by atoms with Gasteiger partial charge in [0.1, 0.15) is 0 Å². The van der Waals surface area contributed by atoms with Gasteiger partial charge in [-0.25, -0.2) is 8.42 Å². The summed E-state index contributed by atoms with van der Waals surface area (Å²) in [5, 5.41) is 4.09. The third kappa shape index (κ3) is 3.40. The van der Waals surface area contributed by atoms with Gasteiger partial charge in [-0.05, 0) is 36.6 Å². The molecule has 1 aromatic heterocycles. The maximum atomic E-state index is 13.1. The minimum Gasteiger partial charge on any atom is -0.334 e. The summed E-state index contributed by atoms with van der Waals surface area (Å²) < 4.78 is 33.1. The lowest BCUT2D eigenvalue weighted by Crippen LogP contribution is -2.29. The van der Waals surface area contributed by atoms with E-state index in [2.05, 4.69) is 10.1 Å². The molecule has 1 aliphatic rings. The predicted molar refractivity (Wildman–Crippen MR) is 102 cm³/mol.